The average molecular weight is 456 g/mol. The van der Waals surface area contributed by atoms with E-state index in [1.165, 1.54) is 44.2 Å². The van der Waals surface area contributed by atoms with Crippen LogP contribution in [0.2, 0.25) is 0 Å². The Morgan fingerprint density at radius 2 is 1.81 bits per heavy atom. The molecule has 3 aromatic rings. The summed E-state index contributed by atoms with van der Waals surface area (Å²) >= 11 is 0. The topological polar surface area (TPSA) is 96.6 Å². The molecule has 2 aromatic carbocycles. The number of carbonyl (C=O) groups is 1. The van der Waals surface area contributed by atoms with Gasteiger partial charge in [0.2, 0.25) is 10.0 Å². The fourth-order valence-electron chi connectivity index (χ4n) is 4.33. The number of nitrogens with one attached hydrogen (secondary N) is 1. The first-order valence-corrected chi connectivity index (χ1v) is 12.6. The molecule has 7 heteroatoms. The van der Waals surface area contributed by atoms with Crippen molar-refractivity contribution in [2.24, 2.45) is 11.8 Å². The fraction of sp³-hybridized carbons (Fsp3) is 0.400. The molecule has 1 heterocycles. The Labute approximate surface area is 188 Å². The van der Waals surface area contributed by atoms with E-state index in [1.807, 2.05) is 12.1 Å². The third-order valence-corrected chi connectivity index (χ3v) is 7.64. The number of carboxylic acid groups (broad SMARTS) is 1. The van der Waals surface area contributed by atoms with Crippen LogP contribution in [0.1, 0.15) is 51.5 Å². The number of allylic oxidation sites excluding steroid dienone is 1. The van der Waals surface area contributed by atoms with Gasteiger partial charge in [-0.25, -0.2) is 8.42 Å². The maximum atomic E-state index is 12.8. The largest absolute Gasteiger partial charge is 0.480 e. The number of fused-ring (bicyclic) bond motifs is 3. The van der Waals surface area contributed by atoms with E-state index < -0.39 is 28.0 Å². The lowest BCUT2D eigenvalue weighted by Crippen LogP contribution is -2.44. The summed E-state index contributed by atoms with van der Waals surface area (Å²) in [4.78, 5) is 11.4. The molecule has 32 heavy (non-hydrogen) atoms. The predicted octanol–water partition coefficient (Wildman–Crippen LogP) is 5.57. The Morgan fingerprint density at radius 1 is 1.06 bits per heavy atom. The third kappa shape index (κ3) is 4.74. The molecule has 0 spiro atoms. The standard InChI is InChI=1S/C25H29NO5S/c1-16(2)24(25(27)28)26-32(29,30)19-11-12-20-21-14-18(9-8-17-6-4-3-5-7-17)10-13-22(21)31-23(20)15-19/h8-17,24,26H,3-7H2,1-2H3,(H,27,28)/t24-/m0/s1. The Hall–Kier alpha value is -2.64. The number of carboxylic acids is 1. The van der Waals surface area contributed by atoms with Gasteiger partial charge in [-0.1, -0.05) is 51.3 Å². The van der Waals surface area contributed by atoms with Gasteiger partial charge in [0, 0.05) is 16.8 Å². The van der Waals surface area contributed by atoms with Crippen LogP contribution in [0.25, 0.3) is 28.0 Å². The van der Waals surface area contributed by atoms with Crippen molar-refractivity contribution in [3.05, 3.63) is 48.0 Å². The summed E-state index contributed by atoms with van der Waals surface area (Å²) in [6, 6.07) is 9.43. The maximum absolute atomic E-state index is 12.8. The molecule has 0 radical (unpaired) electrons. The van der Waals surface area contributed by atoms with Gasteiger partial charge in [-0.3, -0.25) is 4.79 Å². The zero-order chi connectivity index (χ0) is 22.9. The van der Waals surface area contributed by atoms with Crippen LogP contribution in [-0.4, -0.2) is 25.5 Å². The van der Waals surface area contributed by atoms with Crippen LogP contribution >= 0.6 is 0 Å². The third-order valence-electron chi connectivity index (χ3n) is 6.20. The molecule has 0 bridgehead atoms. The second-order valence-corrected chi connectivity index (χ2v) is 10.7. The van der Waals surface area contributed by atoms with Crippen LogP contribution in [0, 0.1) is 11.8 Å². The molecule has 1 aromatic heterocycles. The van der Waals surface area contributed by atoms with Gasteiger partial charge in [-0.2, -0.15) is 4.72 Å². The van der Waals surface area contributed by atoms with Crippen molar-refractivity contribution in [1.29, 1.82) is 0 Å². The Bertz CT molecular complexity index is 1270. The highest BCUT2D eigenvalue weighted by Gasteiger charge is 2.28. The molecule has 4 rings (SSSR count). The SMILES string of the molecule is CC(C)[C@H](NS(=O)(=O)c1ccc2c(c1)oc1ccc(C=CC3CCCCC3)cc12)C(=O)O. The highest BCUT2D eigenvalue weighted by molar-refractivity contribution is 7.89. The lowest BCUT2D eigenvalue weighted by Gasteiger charge is -2.17. The van der Waals surface area contributed by atoms with Crippen LogP contribution < -0.4 is 4.72 Å². The summed E-state index contributed by atoms with van der Waals surface area (Å²) in [5, 5.41) is 11.1. The molecule has 0 amide bonds. The Kier molecular flexibility index (Phi) is 6.40. The van der Waals surface area contributed by atoms with Crippen molar-refractivity contribution >= 4 is 44.0 Å². The summed E-state index contributed by atoms with van der Waals surface area (Å²) in [6.07, 6.45) is 10.9. The molecule has 0 aliphatic heterocycles. The predicted molar refractivity (Wildman–Crippen MR) is 126 cm³/mol. The van der Waals surface area contributed by atoms with E-state index in [9.17, 15) is 18.3 Å². The number of hydrogen-bond acceptors (Lipinski definition) is 4. The number of rotatable bonds is 7. The molecule has 0 unspecified atom stereocenters. The molecule has 170 valence electrons. The molecule has 2 N–H and O–H groups in total. The first-order chi connectivity index (χ1) is 15.2. The normalized spacial score (nSPS) is 17.0. The summed E-state index contributed by atoms with van der Waals surface area (Å²) in [7, 11) is -4.01. The quantitative estimate of drug-likeness (QED) is 0.486. The van der Waals surface area contributed by atoms with Gasteiger partial charge < -0.3 is 9.52 Å². The molecule has 1 aliphatic rings. The lowest BCUT2D eigenvalue weighted by molar-refractivity contribution is -0.140. The zero-order valence-corrected chi connectivity index (χ0v) is 19.2. The maximum Gasteiger partial charge on any atom is 0.322 e. The van der Waals surface area contributed by atoms with Crippen molar-refractivity contribution in [3.8, 4) is 0 Å². The summed E-state index contributed by atoms with van der Waals surface area (Å²) in [5.41, 5.74) is 2.22. The minimum Gasteiger partial charge on any atom is -0.480 e. The number of furan rings is 1. The van der Waals surface area contributed by atoms with Gasteiger partial charge in [0.15, 0.2) is 0 Å². The van der Waals surface area contributed by atoms with Crippen molar-refractivity contribution in [3.63, 3.8) is 0 Å². The van der Waals surface area contributed by atoms with Crippen molar-refractivity contribution in [1.82, 2.24) is 4.72 Å². The molecule has 1 fully saturated rings. The van der Waals surface area contributed by atoms with Gasteiger partial charge >= 0.3 is 5.97 Å². The minimum atomic E-state index is -4.01. The highest BCUT2D eigenvalue weighted by Crippen LogP contribution is 2.32. The Morgan fingerprint density at radius 3 is 2.50 bits per heavy atom. The monoisotopic (exact) mass is 455 g/mol. The molecule has 6 nitrogen and oxygen atoms in total. The molecular formula is C25H29NO5S. The van der Waals surface area contributed by atoms with Crippen molar-refractivity contribution in [2.45, 2.75) is 56.9 Å². The van der Waals surface area contributed by atoms with Crippen LogP contribution in [0.3, 0.4) is 0 Å². The fourth-order valence-corrected chi connectivity index (χ4v) is 5.68. The van der Waals surface area contributed by atoms with E-state index in [2.05, 4.69) is 22.9 Å². The number of sulfonamides is 1. The summed E-state index contributed by atoms with van der Waals surface area (Å²) in [5.74, 6) is -0.958. The van der Waals surface area contributed by atoms with Gasteiger partial charge in [0.25, 0.3) is 0 Å². The molecule has 1 atom stereocenters. The number of hydrogen-bond donors (Lipinski definition) is 2. The van der Waals surface area contributed by atoms with Crippen LogP contribution in [0.4, 0.5) is 0 Å². The van der Waals surface area contributed by atoms with Crippen LogP contribution in [-0.2, 0) is 14.8 Å². The van der Waals surface area contributed by atoms with E-state index in [1.54, 1.807) is 19.9 Å². The molecule has 0 saturated heterocycles. The summed E-state index contributed by atoms with van der Waals surface area (Å²) < 4.78 is 33.7. The number of aliphatic carboxylic acids is 1. The molecule has 1 aliphatic carbocycles. The van der Waals surface area contributed by atoms with Crippen molar-refractivity contribution in [2.75, 3.05) is 0 Å². The van der Waals surface area contributed by atoms with Gasteiger partial charge in [0.05, 0.1) is 4.90 Å². The smallest absolute Gasteiger partial charge is 0.322 e. The highest BCUT2D eigenvalue weighted by atomic mass is 32.2. The number of benzene rings is 2. The van der Waals surface area contributed by atoms with E-state index in [-0.39, 0.29) is 4.90 Å². The van der Waals surface area contributed by atoms with E-state index >= 15 is 0 Å². The first-order valence-electron chi connectivity index (χ1n) is 11.1. The zero-order valence-electron chi connectivity index (χ0n) is 18.4. The van der Waals surface area contributed by atoms with Crippen LogP contribution in [0.15, 0.2) is 51.8 Å². The van der Waals surface area contributed by atoms with E-state index in [0.29, 0.717) is 17.1 Å². The summed E-state index contributed by atoms with van der Waals surface area (Å²) in [6.45, 7) is 3.31. The van der Waals surface area contributed by atoms with E-state index in [0.717, 1.165) is 16.3 Å². The average Bonchev–Trinajstić information content (AvgIpc) is 3.13. The van der Waals surface area contributed by atoms with E-state index in [4.69, 9.17) is 4.42 Å². The Balaban J connectivity index is 1.64. The second-order valence-electron chi connectivity index (χ2n) is 8.95. The second kappa shape index (κ2) is 9.08. The lowest BCUT2D eigenvalue weighted by atomic mass is 9.89. The van der Waals surface area contributed by atoms with Crippen molar-refractivity contribution < 1.29 is 22.7 Å². The van der Waals surface area contributed by atoms with Gasteiger partial charge in [0.1, 0.15) is 17.2 Å². The first kappa shape index (κ1) is 22.6. The van der Waals surface area contributed by atoms with Gasteiger partial charge in [-0.05, 0) is 54.5 Å². The van der Waals surface area contributed by atoms with Crippen LogP contribution in [0.5, 0.6) is 0 Å². The minimum absolute atomic E-state index is 0.0200. The molecular weight excluding hydrogens is 426 g/mol. The van der Waals surface area contributed by atoms with Gasteiger partial charge in [-0.15, -0.1) is 0 Å². The molecule has 1 saturated carbocycles.